The first-order valence-corrected chi connectivity index (χ1v) is 9.30. The van der Waals surface area contributed by atoms with Crippen LogP contribution in [0.2, 0.25) is 5.02 Å². The second-order valence-corrected chi connectivity index (χ2v) is 6.87. The van der Waals surface area contributed by atoms with E-state index < -0.39 is 11.3 Å². The van der Waals surface area contributed by atoms with Crippen molar-refractivity contribution >= 4 is 34.8 Å². The van der Waals surface area contributed by atoms with E-state index in [1.54, 1.807) is 43.3 Å². The highest BCUT2D eigenvalue weighted by Crippen LogP contribution is 2.28. The van der Waals surface area contributed by atoms with Gasteiger partial charge in [-0.05, 0) is 49.4 Å². The molecule has 8 nitrogen and oxygen atoms in total. The van der Waals surface area contributed by atoms with E-state index in [0.717, 1.165) is 0 Å². The van der Waals surface area contributed by atoms with Gasteiger partial charge in [-0.3, -0.25) is 14.4 Å². The molecule has 3 rings (SSSR count). The molecule has 2 amide bonds. The summed E-state index contributed by atoms with van der Waals surface area (Å²) in [5.74, 6) is -0.605. The quantitative estimate of drug-likeness (QED) is 0.650. The first kappa shape index (κ1) is 21.1. The number of carbonyl (C=O) groups is 2. The molecule has 1 aromatic heterocycles. The van der Waals surface area contributed by atoms with E-state index in [4.69, 9.17) is 16.3 Å². The highest BCUT2D eigenvalue weighted by molar-refractivity contribution is 6.30. The second-order valence-electron chi connectivity index (χ2n) is 6.44. The Morgan fingerprint density at radius 2 is 1.77 bits per heavy atom. The zero-order valence-electron chi connectivity index (χ0n) is 16.5. The van der Waals surface area contributed by atoms with Gasteiger partial charge in [0.1, 0.15) is 5.75 Å². The largest absolute Gasteiger partial charge is 0.495 e. The SMILES string of the molecule is COc1ccc(NC(C)=O)cc1NC(=O)c1nn(-c2ccc(Cl)cc2)c(C)cc1=O. The Balaban J connectivity index is 1.97. The summed E-state index contributed by atoms with van der Waals surface area (Å²) in [5, 5.41) is 10.0. The average molecular weight is 427 g/mol. The van der Waals surface area contributed by atoms with Crippen LogP contribution in [0.3, 0.4) is 0 Å². The highest BCUT2D eigenvalue weighted by Gasteiger charge is 2.18. The van der Waals surface area contributed by atoms with Gasteiger partial charge in [0, 0.05) is 29.4 Å². The predicted molar refractivity (Wildman–Crippen MR) is 115 cm³/mol. The smallest absolute Gasteiger partial charge is 0.280 e. The third-order valence-electron chi connectivity index (χ3n) is 4.16. The number of ether oxygens (including phenoxy) is 1. The molecule has 0 fully saturated rings. The van der Waals surface area contributed by atoms with E-state index in [1.165, 1.54) is 30.8 Å². The fourth-order valence-electron chi connectivity index (χ4n) is 2.82. The van der Waals surface area contributed by atoms with Crippen molar-refractivity contribution in [3.63, 3.8) is 0 Å². The number of amides is 2. The van der Waals surface area contributed by atoms with Crippen LogP contribution in [0.15, 0.2) is 53.3 Å². The Kier molecular flexibility index (Phi) is 6.17. The number of anilines is 2. The Hall–Kier alpha value is -3.65. The van der Waals surface area contributed by atoms with Crippen LogP contribution in [-0.4, -0.2) is 28.7 Å². The number of nitrogens with one attached hydrogen (secondary N) is 2. The minimum absolute atomic E-state index is 0.261. The molecule has 0 bridgehead atoms. The highest BCUT2D eigenvalue weighted by atomic mass is 35.5. The second kappa shape index (κ2) is 8.79. The number of benzene rings is 2. The monoisotopic (exact) mass is 426 g/mol. The summed E-state index contributed by atoms with van der Waals surface area (Å²) in [6.45, 7) is 3.09. The third kappa shape index (κ3) is 4.66. The summed E-state index contributed by atoms with van der Waals surface area (Å²) >= 11 is 5.93. The molecule has 154 valence electrons. The van der Waals surface area contributed by atoms with Crippen molar-refractivity contribution < 1.29 is 14.3 Å². The molecule has 0 unspecified atom stereocenters. The molecule has 0 aliphatic heterocycles. The fourth-order valence-corrected chi connectivity index (χ4v) is 2.94. The van der Waals surface area contributed by atoms with Crippen molar-refractivity contribution in [3.05, 3.63) is 75.2 Å². The topological polar surface area (TPSA) is 102 Å². The minimum atomic E-state index is -0.707. The molecule has 0 saturated carbocycles. The van der Waals surface area contributed by atoms with Gasteiger partial charge in [-0.1, -0.05) is 11.6 Å². The zero-order valence-corrected chi connectivity index (χ0v) is 17.3. The molecular formula is C21H19ClN4O4. The summed E-state index contributed by atoms with van der Waals surface area (Å²) in [4.78, 5) is 36.6. The zero-order chi connectivity index (χ0) is 21.8. The number of nitrogens with zero attached hydrogens (tertiary/aromatic N) is 2. The average Bonchev–Trinajstić information content (AvgIpc) is 2.68. The molecule has 0 aliphatic rings. The van der Waals surface area contributed by atoms with Crippen LogP contribution in [0, 0.1) is 6.92 Å². The van der Waals surface area contributed by atoms with Crippen LogP contribution in [0.1, 0.15) is 23.1 Å². The number of methoxy groups -OCH3 is 1. The van der Waals surface area contributed by atoms with Crippen LogP contribution in [0.5, 0.6) is 5.75 Å². The molecule has 0 radical (unpaired) electrons. The molecular weight excluding hydrogens is 408 g/mol. The first-order chi connectivity index (χ1) is 14.3. The van der Waals surface area contributed by atoms with Gasteiger partial charge in [-0.25, -0.2) is 4.68 Å². The summed E-state index contributed by atoms with van der Waals surface area (Å²) in [6.07, 6.45) is 0. The van der Waals surface area contributed by atoms with E-state index >= 15 is 0 Å². The number of halogens is 1. The van der Waals surface area contributed by atoms with Crippen molar-refractivity contribution in [3.8, 4) is 11.4 Å². The molecule has 3 aromatic rings. The lowest BCUT2D eigenvalue weighted by Crippen LogP contribution is -2.27. The molecule has 30 heavy (non-hydrogen) atoms. The van der Waals surface area contributed by atoms with Crippen LogP contribution in [0.4, 0.5) is 11.4 Å². The lowest BCUT2D eigenvalue weighted by molar-refractivity contribution is -0.114. The predicted octanol–water partition coefficient (Wildman–Crippen LogP) is 3.41. The standard InChI is InChI=1S/C21H19ClN4O4/c1-12-10-18(28)20(25-26(12)16-7-4-14(22)5-8-16)21(29)24-17-11-15(23-13(2)27)6-9-19(17)30-3/h4-11H,1-3H3,(H,23,27)(H,24,29). The van der Waals surface area contributed by atoms with Gasteiger partial charge in [0.05, 0.1) is 18.5 Å². The number of hydrogen-bond donors (Lipinski definition) is 2. The molecule has 0 spiro atoms. The van der Waals surface area contributed by atoms with Crippen LogP contribution in [0.25, 0.3) is 5.69 Å². The van der Waals surface area contributed by atoms with E-state index in [0.29, 0.717) is 27.8 Å². The van der Waals surface area contributed by atoms with Crippen molar-refractivity contribution in [1.29, 1.82) is 0 Å². The minimum Gasteiger partial charge on any atom is -0.495 e. The van der Waals surface area contributed by atoms with Crippen LogP contribution in [-0.2, 0) is 4.79 Å². The summed E-state index contributed by atoms with van der Waals surface area (Å²) < 4.78 is 6.74. The van der Waals surface area contributed by atoms with E-state index in [2.05, 4.69) is 15.7 Å². The summed E-state index contributed by atoms with van der Waals surface area (Å²) in [6, 6.07) is 12.9. The van der Waals surface area contributed by atoms with E-state index in [9.17, 15) is 14.4 Å². The van der Waals surface area contributed by atoms with E-state index in [-0.39, 0.29) is 17.3 Å². The number of rotatable bonds is 5. The molecule has 2 N–H and O–H groups in total. The maximum Gasteiger partial charge on any atom is 0.280 e. The fraction of sp³-hybridized carbons (Fsp3) is 0.143. The summed E-state index contributed by atoms with van der Waals surface area (Å²) in [7, 11) is 1.45. The Labute approximate surface area is 177 Å². The van der Waals surface area contributed by atoms with Gasteiger partial charge in [0.15, 0.2) is 5.69 Å². The Morgan fingerprint density at radius 1 is 1.07 bits per heavy atom. The maximum atomic E-state index is 12.8. The normalized spacial score (nSPS) is 10.4. The van der Waals surface area contributed by atoms with Crippen molar-refractivity contribution in [2.45, 2.75) is 13.8 Å². The maximum absolute atomic E-state index is 12.8. The van der Waals surface area contributed by atoms with Gasteiger partial charge in [0.2, 0.25) is 11.3 Å². The van der Waals surface area contributed by atoms with Gasteiger partial charge >= 0.3 is 0 Å². The van der Waals surface area contributed by atoms with Crippen LogP contribution < -0.4 is 20.8 Å². The van der Waals surface area contributed by atoms with Crippen molar-refractivity contribution in [1.82, 2.24) is 9.78 Å². The molecule has 0 atom stereocenters. The molecule has 0 aliphatic carbocycles. The van der Waals surface area contributed by atoms with Gasteiger partial charge < -0.3 is 15.4 Å². The number of carbonyl (C=O) groups excluding carboxylic acids is 2. The lowest BCUT2D eigenvalue weighted by Gasteiger charge is -2.14. The van der Waals surface area contributed by atoms with Gasteiger partial charge in [-0.15, -0.1) is 0 Å². The Morgan fingerprint density at radius 3 is 2.40 bits per heavy atom. The van der Waals surface area contributed by atoms with Crippen LogP contribution >= 0.6 is 11.6 Å². The van der Waals surface area contributed by atoms with Gasteiger partial charge in [0.25, 0.3) is 5.91 Å². The molecule has 2 aromatic carbocycles. The number of hydrogen-bond acceptors (Lipinski definition) is 5. The van der Waals surface area contributed by atoms with Crippen molar-refractivity contribution in [2.24, 2.45) is 0 Å². The summed E-state index contributed by atoms with van der Waals surface area (Å²) in [5.41, 5.74) is 1.15. The molecule has 1 heterocycles. The number of aryl methyl sites for hydroxylation is 1. The Bertz CT molecular complexity index is 1170. The van der Waals surface area contributed by atoms with Crippen molar-refractivity contribution in [2.75, 3.05) is 17.7 Å². The first-order valence-electron chi connectivity index (χ1n) is 8.92. The lowest BCUT2D eigenvalue weighted by atomic mass is 10.2. The molecule has 0 saturated heterocycles. The third-order valence-corrected chi connectivity index (χ3v) is 4.41. The van der Waals surface area contributed by atoms with E-state index in [1.807, 2.05) is 0 Å². The molecule has 9 heteroatoms. The number of aromatic nitrogens is 2. The van der Waals surface area contributed by atoms with Gasteiger partial charge in [-0.2, -0.15) is 5.10 Å².